The Bertz CT molecular complexity index is 949. The van der Waals surface area contributed by atoms with Crippen molar-refractivity contribution in [1.82, 2.24) is 4.90 Å². The van der Waals surface area contributed by atoms with Crippen LogP contribution < -0.4 is 9.47 Å². The Kier molecular flexibility index (Phi) is 6.96. The van der Waals surface area contributed by atoms with Gasteiger partial charge in [0, 0.05) is 19.1 Å². The zero-order valence-corrected chi connectivity index (χ0v) is 17.7. The summed E-state index contributed by atoms with van der Waals surface area (Å²) in [4.78, 5) is 13.1. The third-order valence-electron chi connectivity index (χ3n) is 5.33. The van der Waals surface area contributed by atoms with Gasteiger partial charge in [0.1, 0.15) is 24.2 Å². The average molecular weight is 408 g/mol. The fraction of sp³-hybridized carbons (Fsp3) is 0.417. The maximum absolute atomic E-state index is 10.9. The number of hydrogen-bond donors (Lipinski definition) is 1. The van der Waals surface area contributed by atoms with Crippen molar-refractivity contribution >= 4 is 5.97 Å². The van der Waals surface area contributed by atoms with E-state index in [4.69, 9.17) is 14.6 Å². The van der Waals surface area contributed by atoms with Crippen LogP contribution in [0.4, 0.5) is 0 Å². The maximum Gasteiger partial charge on any atom is 0.304 e. The first kappa shape index (κ1) is 21.7. The lowest BCUT2D eigenvalue weighted by molar-refractivity contribution is -0.137. The van der Waals surface area contributed by atoms with Gasteiger partial charge in [-0.3, -0.25) is 9.69 Å². The molecule has 0 radical (unpaired) electrons. The summed E-state index contributed by atoms with van der Waals surface area (Å²) in [5.41, 5.74) is 3.88. The Morgan fingerprint density at radius 2 is 2.10 bits per heavy atom. The summed E-state index contributed by atoms with van der Waals surface area (Å²) in [5, 5.41) is 18.3. The standard InChI is InChI=1S/C24H28N2O4/c1-16(2)30-23-7-4-18(12-20(23)14-25)15-29-21-5-6-22-17(3)26(11-9-24(27)28)10-8-19(22)13-21/h4-7,12-13,16-17H,8-11,15H2,1-3H3,(H,27,28). The van der Waals surface area contributed by atoms with E-state index in [0.717, 1.165) is 24.3 Å². The molecular formula is C24H28N2O4. The number of nitriles is 1. The summed E-state index contributed by atoms with van der Waals surface area (Å²) in [7, 11) is 0. The average Bonchev–Trinajstić information content (AvgIpc) is 2.72. The van der Waals surface area contributed by atoms with E-state index in [1.54, 1.807) is 6.07 Å². The van der Waals surface area contributed by atoms with Crippen molar-refractivity contribution in [1.29, 1.82) is 5.26 Å². The molecule has 0 saturated carbocycles. The van der Waals surface area contributed by atoms with Gasteiger partial charge >= 0.3 is 5.97 Å². The molecule has 6 heteroatoms. The highest BCUT2D eigenvalue weighted by Crippen LogP contribution is 2.32. The number of rotatable bonds is 8. The van der Waals surface area contributed by atoms with Crippen LogP contribution in [0, 0.1) is 11.3 Å². The minimum atomic E-state index is -0.764. The highest BCUT2D eigenvalue weighted by molar-refractivity contribution is 5.66. The molecule has 1 heterocycles. The van der Waals surface area contributed by atoms with Crippen LogP contribution in [-0.4, -0.2) is 35.2 Å². The second kappa shape index (κ2) is 9.64. The SMILES string of the molecule is CC(C)Oc1ccc(COc2ccc3c(c2)CCN(CCC(=O)O)C3C)cc1C#N. The van der Waals surface area contributed by atoms with Crippen LogP contribution in [0.15, 0.2) is 36.4 Å². The minimum Gasteiger partial charge on any atom is -0.490 e. The fourth-order valence-electron chi connectivity index (χ4n) is 3.77. The Balaban J connectivity index is 1.65. The quantitative estimate of drug-likeness (QED) is 0.700. The van der Waals surface area contributed by atoms with Crippen LogP contribution in [0.25, 0.3) is 0 Å². The van der Waals surface area contributed by atoms with Gasteiger partial charge in [0.05, 0.1) is 18.1 Å². The van der Waals surface area contributed by atoms with Crippen LogP contribution in [0.5, 0.6) is 11.5 Å². The molecular weight excluding hydrogens is 380 g/mol. The summed E-state index contributed by atoms with van der Waals surface area (Å²) in [6.07, 6.45) is 1.04. The molecule has 2 aromatic carbocycles. The maximum atomic E-state index is 10.9. The Hall–Kier alpha value is -3.04. The summed E-state index contributed by atoms with van der Waals surface area (Å²) in [6.45, 7) is 7.75. The van der Waals surface area contributed by atoms with E-state index < -0.39 is 5.97 Å². The van der Waals surface area contributed by atoms with E-state index >= 15 is 0 Å². The van der Waals surface area contributed by atoms with E-state index in [2.05, 4.69) is 30.0 Å². The van der Waals surface area contributed by atoms with E-state index in [-0.39, 0.29) is 18.6 Å². The lowest BCUT2D eigenvalue weighted by Gasteiger charge is -2.35. The van der Waals surface area contributed by atoms with E-state index in [1.807, 2.05) is 32.0 Å². The van der Waals surface area contributed by atoms with Crippen molar-refractivity contribution in [2.75, 3.05) is 13.1 Å². The van der Waals surface area contributed by atoms with Gasteiger partial charge in [0.25, 0.3) is 0 Å². The lowest BCUT2D eigenvalue weighted by Crippen LogP contribution is -2.35. The summed E-state index contributed by atoms with van der Waals surface area (Å²) in [6, 6.07) is 14.0. The smallest absolute Gasteiger partial charge is 0.304 e. The molecule has 0 aromatic heterocycles. The van der Waals surface area contributed by atoms with Gasteiger partial charge in [-0.25, -0.2) is 0 Å². The van der Waals surface area contributed by atoms with Gasteiger partial charge in [-0.2, -0.15) is 5.26 Å². The molecule has 0 bridgehead atoms. The number of aliphatic carboxylic acids is 1. The number of benzene rings is 2. The molecule has 0 fully saturated rings. The number of hydrogen-bond acceptors (Lipinski definition) is 5. The predicted octanol–water partition coefficient (Wildman–Crippen LogP) is 4.32. The number of nitrogens with zero attached hydrogens (tertiary/aromatic N) is 2. The molecule has 0 amide bonds. The van der Waals surface area contributed by atoms with Crippen molar-refractivity contribution < 1.29 is 19.4 Å². The number of carboxylic acid groups (broad SMARTS) is 1. The van der Waals surface area contributed by atoms with Crippen LogP contribution in [0.2, 0.25) is 0 Å². The molecule has 6 nitrogen and oxygen atoms in total. The van der Waals surface area contributed by atoms with Crippen molar-refractivity contribution in [3.8, 4) is 17.6 Å². The van der Waals surface area contributed by atoms with E-state index in [1.165, 1.54) is 11.1 Å². The first-order valence-electron chi connectivity index (χ1n) is 10.3. The summed E-state index contributed by atoms with van der Waals surface area (Å²) >= 11 is 0. The molecule has 1 aliphatic heterocycles. The Morgan fingerprint density at radius 1 is 1.30 bits per heavy atom. The molecule has 30 heavy (non-hydrogen) atoms. The van der Waals surface area contributed by atoms with Gasteiger partial charge in [0.15, 0.2) is 0 Å². The predicted molar refractivity (Wildman–Crippen MR) is 114 cm³/mol. The zero-order chi connectivity index (χ0) is 21.7. The molecule has 1 atom stereocenters. The molecule has 3 rings (SSSR count). The number of carbonyl (C=O) groups is 1. The van der Waals surface area contributed by atoms with Gasteiger partial charge in [-0.15, -0.1) is 0 Å². The normalized spacial score (nSPS) is 16.0. The van der Waals surface area contributed by atoms with Gasteiger partial charge in [-0.1, -0.05) is 12.1 Å². The van der Waals surface area contributed by atoms with E-state index in [0.29, 0.717) is 24.5 Å². The largest absolute Gasteiger partial charge is 0.490 e. The van der Waals surface area contributed by atoms with Crippen LogP contribution >= 0.6 is 0 Å². The van der Waals surface area contributed by atoms with Crippen molar-refractivity contribution in [3.05, 3.63) is 58.7 Å². The minimum absolute atomic E-state index is 0.0112. The first-order valence-corrected chi connectivity index (χ1v) is 10.3. The van der Waals surface area contributed by atoms with Crippen LogP contribution in [0.3, 0.4) is 0 Å². The highest BCUT2D eigenvalue weighted by atomic mass is 16.5. The molecule has 0 saturated heterocycles. The second-order valence-electron chi connectivity index (χ2n) is 7.86. The molecule has 1 N–H and O–H groups in total. The van der Waals surface area contributed by atoms with Gasteiger partial charge < -0.3 is 14.6 Å². The van der Waals surface area contributed by atoms with Gasteiger partial charge in [0.2, 0.25) is 0 Å². The number of ether oxygens (including phenoxy) is 2. The van der Waals surface area contributed by atoms with E-state index in [9.17, 15) is 10.1 Å². The fourth-order valence-corrected chi connectivity index (χ4v) is 3.77. The molecule has 0 spiro atoms. The molecule has 1 unspecified atom stereocenters. The molecule has 2 aromatic rings. The van der Waals surface area contributed by atoms with Gasteiger partial charge in [-0.05, 0) is 68.1 Å². The van der Waals surface area contributed by atoms with Crippen LogP contribution in [-0.2, 0) is 17.8 Å². The zero-order valence-electron chi connectivity index (χ0n) is 17.7. The first-order chi connectivity index (χ1) is 14.4. The second-order valence-corrected chi connectivity index (χ2v) is 7.86. The number of fused-ring (bicyclic) bond motifs is 1. The lowest BCUT2D eigenvalue weighted by atomic mass is 9.93. The Labute approximate surface area is 177 Å². The summed E-state index contributed by atoms with van der Waals surface area (Å²) in [5.74, 6) is 0.618. The third kappa shape index (κ3) is 5.31. The third-order valence-corrected chi connectivity index (χ3v) is 5.33. The Morgan fingerprint density at radius 3 is 2.80 bits per heavy atom. The summed E-state index contributed by atoms with van der Waals surface area (Å²) < 4.78 is 11.6. The highest BCUT2D eigenvalue weighted by Gasteiger charge is 2.24. The van der Waals surface area contributed by atoms with Crippen molar-refractivity contribution in [2.45, 2.75) is 52.4 Å². The topological polar surface area (TPSA) is 82.8 Å². The number of carboxylic acids is 1. The molecule has 158 valence electrons. The van der Waals surface area contributed by atoms with Crippen molar-refractivity contribution in [3.63, 3.8) is 0 Å². The monoisotopic (exact) mass is 408 g/mol. The van der Waals surface area contributed by atoms with Crippen molar-refractivity contribution in [2.24, 2.45) is 0 Å². The molecule has 1 aliphatic rings. The van der Waals surface area contributed by atoms with Crippen LogP contribution in [0.1, 0.15) is 55.5 Å². The molecule has 0 aliphatic carbocycles.